The molecule has 0 bridgehead atoms. The summed E-state index contributed by atoms with van der Waals surface area (Å²) < 4.78 is 16.6. The van der Waals surface area contributed by atoms with Gasteiger partial charge in [0.25, 0.3) is 0 Å². The highest BCUT2D eigenvalue weighted by molar-refractivity contribution is 5.54. The SMILES string of the molecule is CCCC1OCC(O)c2ccc3c(c21)OCO3. The van der Waals surface area contributed by atoms with Gasteiger partial charge >= 0.3 is 0 Å². The molecule has 1 aromatic carbocycles. The molecule has 0 aromatic heterocycles. The third kappa shape index (κ3) is 1.68. The number of ether oxygens (including phenoxy) is 3. The normalized spacial score (nSPS) is 25.8. The molecule has 0 saturated heterocycles. The van der Waals surface area contributed by atoms with E-state index in [1.165, 1.54) is 0 Å². The van der Waals surface area contributed by atoms with Crippen molar-refractivity contribution >= 4 is 0 Å². The van der Waals surface area contributed by atoms with E-state index in [9.17, 15) is 5.11 Å². The molecule has 1 N–H and O–H groups in total. The number of benzene rings is 1. The van der Waals surface area contributed by atoms with Gasteiger partial charge in [-0.05, 0) is 18.1 Å². The van der Waals surface area contributed by atoms with Crippen LogP contribution in [-0.2, 0) is 4.74 Å². The van der Waals surface area contributed by atoms with Gasteiger partial charge in [-0.1, -0.05) is 19.4 Å². The number of aliphatic hydroxyl groups is 1. The second-order valence-electron chi connectivity index (χ2n) is 4.43. The van der Waals surface area contributed by atoms with Crippen molar-refractivity contribution in [2.75, 3.05) is 13.4 Å². The van der Waals surface area contributed by atoms with Crippen LogP contribution in [-0.4, -0.2) is 18.5 Å². The summed E-state index contributed by atoms with van der Waals surface area (Å²) in [4.78, 5) is 0. The summed E-state index contributed by atoms with van der Waals surface area (Å²) in [6, 6.07) is 3.78. The van der Waals surface area contributed by atoms with E-state index in [0.29, 0.717) is 6.61 Å². The van der Waals surface area contributed by atoms with E-state index in [1.54, 1.807) is 0 Å². The molecule has 0 saturated carbocycles. The van der Waals surface area contributed by atoms with Crippen LogP contribution < -0.4 is 9.47 Å². The Labute approximate surface area is 100 Å². The van der Waals surface area contributed by atoms with Crippen molar-refractivity contribution in [1.82, 2.24) is 0 Å². The van der Waals surface area contributed by atoms with E-state index in [2.05, 4.69) is 6.92 Å². The van der Waals surface area contributed by atoms with Gasteiger partial charge in [0.2, 0.25) is 6.79 Å². The molecule has 17 heavy (non-hydrogen) atoms. The topological polar surface area (TPSA) is 47.9 Å². The molecule has 2 heterocycles. The predicted molar refractivity (Wildman–Crippen MR) is 61.1 cm³/mol. The minimum atomic E-state index is -0.562. The molecular formula is C13H16O4. The minimum absolute atomic E-state index is 0.00931. The van der Waals surface area contributed by atoms with Gasteiger partial charge < -0.3 is 19.3 Å². The maximum Gasteiger partial charge on any atom is 0.231 e. The van der Waals surface area contributed by atoms with Crippen LogP contribution in [0.5, 0.6) is 11.5 Å². The lowest BCUT2D eigenvalue weighted by Gasteiger charge is -2.30. The molecule has 0 amide bonds. The molecule has 92 valence electrons. The van der Waals surface area contributed by atoms with Gasteiger partial charge in [-0.15, -0.1) is 0 Å². The smallest absolute Gasteiger partial charge is 0.231 e. The first-order valence-electron chi connectivity index (χ1n) is 6.03. The van der Waals surface area contributed by atoms with Crippen LogP contribution in [0.3, 0.4) is 0 Å². The van der Waals surface area contributed by atoms with Gasteiger partial charge in [0.1, 0.15) is 6.10 Å². The molecule has 0 aliphatic carbocycles. The lowest BCUT2D eigenvalue weighted by atomic mass is 9.92. The van der Waals surface area contributed by atoms with Crippen LogP contribution in [0.1, 0.15) is 43.1 Å². The summed E-state index contributed by atoms with van der Waals surface area (Å²) in [6.45, 7) is 2.73. The third-order valence-electron chi connectivity index (χ3n) is 3.30. The van der Waals surface area contributed by atoms with Gasteiger partial charge in [0.05, 0.1) is 12.7 Å². The van der Waals surface area contributed by atoms with Crippen molar-refractivity contribution in [1.29, 1.82) is 0 Å². The zero-order chi connectivity index (χ0) is 11.8. The standard InChI is InChI=1S/C13H16O4/c1-2-3-10-12-8(9(14)6-15-10)4-5-11-13(12)17-7-16-11/h4-5,9-10,14H,2-3,6-7H2,1H3. The Morgan fingerprint density at radius 3 is 3.06 bits per heavy atom. The largest absolute Gasteiger partial charge is 0.454 e. The Kier molecular flexibility index (Phi) is 2.68. The molecule has 4 heteroatoms. The van der Waals surface area contributed by atoms with Crippen molar-refractivity contribution in [2.24, 2.45) is 0 Å². The molecule has 0 spiro atoms. The zero-order valence-electron chi connectivity index (χ0n) is 9.81. The van der Waals surface area contributed by atoms with E-state index in [0.717, 1.165) is 35.5 Å². The molecule has 4 nitrogen and oxygen atoms in total. The molecule has 0 fully saturated rings. The number of hydrogen-bond donors (Lipinski definition) is 1. The number of fused-ring (bicyclic) bond motifs is 3. The van der Waals surface area contributed by atoms with Crippen LogP contribution in [0.25, 0.3) is 0 Å². The average molecular weight is 236 g/mol. The van der Waals surface area contributed by atoms with E-state index in [1.807, 2.05) is 12.1 Å². The summed E-state index contributed by atoms with van der Waals surface area (Å²) in [6.07, 6.45) is 1.41. The zero-order valence-corrected chi connectivity index (χ0v) is 9.81. The molecule has 2 aliphatic rings. The van der Waals surface area contributed by atoms with Crippen molar-refractivity contribution in [2.45, 2.75) is 32.0 Å². The van der Waals surface area contributed by atoms with E-state index in [-0.39, 0.29) is 12.9 Å². The van der Waals surface area contributed by atoms with Gasteiger partial charge in [0, 0.05) is 5.56 Å². The van der Waals surface area contributed by atoms with Crippen LogP contribution in [0, 0.1) is 0 Å². The molecule has 2 atom stereocenters. The molecular weight excluding hydrogens is 220 g/mol. The monoisotopic (exact) mass is 236 g/mol. The van der Waals surface area contributed by atoms with E-state index < -0.39 is 6.10 Å². The molecule has 2 unspecified atom stereocenters. The quantitative estimate of drug-likeness (QED) is 0.856. The van der Waals surface area contributed by atoms with E-state index in [4.69, 9.17) is 14.2 Å². The van der Waals surface area contributed by atoms with Crippen LogP contribution in [0.2, 0.25) is 0 Å². The average Bonchev–Trinajstić information content (AvgIpc) is 2.80. The first-order valence-corrected chi connectivity index (χ1v) is 6.03. The van der Waals surface area contributed by atoms with Gasteiger partial charge in [0.15, 0.2) is 11.5 Å². The Hall–Kier alpha value is -1.26. The Bertz CT molecular complexity index is 430. The Morgan fingerprint density at radius 2 is 2.24 bits per heavy atom. The summed E-state index contributed by atoms with van der Waals surface area (Å²) in [5, 5.41) is 9.96. The third-order valence-corrected chi connectivity index (χ3v) is 3.30. The van der Waals surface area contributed by atoms with Crippen molar-refractivity contribution in [3.63, 3.8) is 0 Å². The lowest BCUT2D eigenvalue weighted by Crippen LogP contribution is -2.21. The number of aliphatic hydroxyl groups excluding tert-OH is 1. The summed E-state index contributed by atoms with van der Waals surface area (Å²) in [5.41, 5.74) is 1.89. The highest BCUT2D eigenvalue weighted by Gasteiger charge is 2.33. The van der Waals surface area contributed by atoms with Crippen molar-refractivity contribution < 1.29 is 19.3 Å². The molecule has 3 rings (SSSR count). The maximum atomic E-state index is 9.96. The Morgan fingerprint density at radius 1 is 1.35 bits per heavy atom. The van der Waals surface area contributed by atoms with Crippen LogP contribution in [0.15, 0.2) is 12.1 Å². The second-order valence-corrected chi connectivity index (χ2v) is 4.43. The Balaban J connectivity index is 2.09. The number of hydrogen-bond acceptors (Lipinski definition) is 4. The van der Waals surface area contributed by atoms with Gasteiger partial charge in [-0.2, -0.15) is 0 Å². The fourth-order valence-corrected chi connectivity index (χ4v) is 2.50. The fourth-order valence-electron chi connectivity index (χ4n) is 2.50. The first kappa shape index (κ1) is 10.9. The fraction of sp³-hybridized carbons (Fsp3) is 0.538. The lowest BCUT2D eigenvalue weighted by molar-refractivity contribution is -0.0350. The van der Waals surface area contributed by atoms with Gasteiger partial charge in [-0.3, -0.25) is 0 Å². The predicted octanol–water partition coefficient (Wildman–Crippen LogP) is 2.32. The summed E-state index contributed by atoms with van der Waals surface area (Å²) in [7, 11) is 0. The first-order chi connectivity index (χ1) is 8.31. The van der Waals surface area contributed by atoms with Crippen LogP contribution >= 0.6 is 0 Å². The molecule has 1 aromatic rings. The summed E-state index contributed by atoms with van der Waals surface area (Å²) in [5.74, 6) is 1.50. The highest BCUT2D eigenvalue weighted by atomic mass is 16.7. The van der Waals surface area contributed by atoms with Crippen molar-refractivity contribution in [3.8, 4) is 11.5 Å². The summed E-state index contributed by atoms with van der Waals surface area (Å²) >= 11 is 0. The number of rotatable bonds is 2. The minimum Gasteiger partial charge on any atom is -0.454 e. The highest BCUT2D eigenvalue weighted by Crippen LogP contribution is 2.47. The van der Waals surface area contributed by atoms with E-state index >= 15 is 0 Å². The van der Waals surface area contributed by atoms with Crippen molar-refractivity contribution in [3.05, 3.63) is 23.3 Å². The second kappa shape index (κ2) is 4.20. The van der Waals surface area contributed by atoms with Gasteiger partial charge in [-0.25, -0.2) is 0 Å². The maximum absolute atomic E-state index is 9.96. The molecule has 2 aliphatic heterocycles. The molecule has 0 radical (unpaired) electrons. The van der Waals surface area contributed by atoms with Crippen LogP contribution in [0.4, 0.5) is 0 Å².